The molecule has 0 amide bonds. The molecule has 0 bridgehead atoms. The van der Waals surface area contributed by atoms with Gasteiger partial charge in [-0.1, -0.05) is 18.2 Å². The predicted octanol–water partition coefficient (Wildman–Crippen LogP) is 2.91. The molecule has 1 aromatic heterocycles. The van der Waals surface area contributed by atoms with E-state index in [1.165, 1.54) is 12.1 Å². The maximum absolute atomic E-state index is 13.0. The SMILES string of the molecule is NC1CCc2nc(-c3ccccc3C(F)(F)F)[nH]c2C1. The number of halogens is 3. The topological polar surface area (TPSA) is 54.7 Å². The Labute approximate surface area is 114 Å². The zero-order valence-electron chi connectivity index (χ0n) is 10.7. The Kier molecular flexibility index (Phi) is 3.05. The lowest BCUT2D eigenvalue weighted by Gasteiger charge is -2.15. The van der Waals surface area contributed by atoms with Crippen molar-refractivity contribution in [2.45, 2.75) is 31.5 Å². The molecular formula is C14H14F3N3. The number of hydrogen-bond acceptors (Lipinski definition) is 2. The summed E-state index contributed by atoms with van der Waals surface area (Å²) in [6.07, 6.45) is -2.23. The summed E-state index contributed by atoms with van der Waals surface area (Å²) in [5.74, 6) is 0.275. The average molecular weight is 281 g/mol. The quantitative estimate of drug-likeness (QED) is 0.844. The molecule has 2 aromatic rings. The molecule has 1 aliphatic carbocycles. The highest BCUT2D eigenvalue weighted by molar-refractivity contribution is 5.62. The largest absolute Gasteiger partial charge is 0.417 e. The molecule has 1 aliphatic rings. The predicted molar refractivity (Wildman–Crippen MR) is 69.0 cm³/mol. The van der Waals surface area contributed by atoms with E-state index in [1.807, 2.05) is 0 Å². The van der Waals surface area contributed by atoms with Crippen molar-refractivity contribution in [2.24, 2.45) is 5.73 Å². The van der Waals surface area contributed by atoms with Crippen molar-refractivity contribution in [1.82, 2.24) is 9.97 Å². The number of H-pyrrole nitrogens is 1. The lowest BCUT2D eigenvalue weighted by atomic mass is 9.97. The summed E-state index contributed by atoms with van der Waals surface area (Å²) >= 11 is 0. The van der Waals surface area contributed by atoms with Gasteiger partial charge in [-0.3, -0.25) is 0 Å². The zero-order chi connectivity index (χ0) is 14.3. The smallest absolute Gasteiger partial charge is 0.342 e. The van der Waals surface area contributed by atoms with E-state index < -0.39 is 11.7 Å². The number of alkyl halides is 3. The van der Waals surface area contributed by atoms with E-state index >= 15 is 0 Å². The molecular weight excluding hydrogens is 267 g/mol. The van der Waals surface area contributed by atoms with Gasteiger partial charge in [0.25, 0.3) is 0 Å². The molecule has 3 N–H and O–H groups in total. The van der Waals surface area contributed by atoms with Gasteiger partial charge in [0.15, 0.2) is 0 Å². The van der Waals surface area contributed by atoms with Crippen molar-refractivity contribution in [3.05, 3.63) is 41.2 Å². The van der Waals surface area contributed by atoms with Gasteiger partial charge < -0.3 is 10.7 Å². The highest BCUT2D eigenvalue weighted by Crippen LogP contribution is 2.36. The first-order valence-electron chi connectivity index (χ1n) is 6.45. The molecule has 1 atom stereocenters. The first kappa shape index (κ1) is 13.2. The Morgan fingerprint density at radius 1 is 1.25 bits per heavy atom. The minimum absolute atomic E-state index is 0.0497. The van der Waals surface area contributed by atoms with Crippen molar-refractivity contribution >= 4 is 0 Å². The van der Waals surface area contributed by atoms with Crippen LogP contribution in [0.5, 0.6) is 0 Å². The molecule has 1 aromatic carbocycles. The van der Waals surface area contributed by atoms with Crippen LogP contribution >= 0.6 is 0 Å². The van der Waals surface area contributed by atoms with Crippen LogP contribution in [0.25, 0.3) is 11.4 Å². The van der Waals surface area contributed by atoms with Crippen LogP contribution in [0.2, 0.25) is 0 Å². The lowest BCUT2D eigenvalue weighted by Crippen LogP contribution is -2.27. The molecule has 3 nitrogen and oxygen atoms in total. The molecule has 0 saturated carbocycles. The van der Waals surface area contributed by atoms with E-state index in [4.69, 9.17) is 5.73 Å². The molecule has 1 heterocycles. The minimum Gasteiger partial charge on any atom is -0.342 e. The lowest BCUT2D eigenvalue weighted by molar-refractivity contribution is -0.137. The van der Waals surface area contributed by atoms with Crippen molar-refractivity contribution in [1.29, 1.82) is 0 Å². The first-order chi connectivity index (χ1) is 9.45. The standard InChI is InChI=1S/C14H14F3N3/c15-14(16,17)10-4-2-1-3-9(10)13-19-11-6-5-8(18)7-12(11)20-13/h1-4,8H,5-7,18H2,(H,19,20). The number of imidazole rings is 1. The second-order valence-corrected chi connectivity index (χ2v) is 5.06. The van der Waals surface area contributed by atoms with E-state index in [0.29, 0.717) is 12.8 Å². The van der Waals surface area contributed by atoms with Gasteiger partial charge in [-0.05, 0) is 18.9 Å². The van der Waals surface area contributed by atoms with Crippen molar-refractivity contribution in [3.63, 3.8) is 0 Å². The fraction of sp³-hybridized carbons (Fsp3) is 0.357. The fourth-order valence-corrected chi connectivity index (χ4v) is 2.57. The van der Waals surface area contributed by atoms with E-state index in [1.54, 1.807) is 6.07 Å². The van der Waals surface area contributed by atoms with E-state index in [2.05, 4.69) is 9.97 Å². The van der Waals surface area contributed by atoms with Gasteiger partial charge in [-0.25, -0.2) is 4.98 Å². The zero-order valence-corrected chi connectivity index (χ0v) is 10.7. The third-order valence-corrected chi connectivity index (χ3v) is 3.57. The van der Waals surface area contributed by atoms with E-state index in [9.17, 15) is 13.2 Å². The van der Waals surface area contributed by atoms with E-state index in [0.717, 1.165) is 23.9 Å². The van der Waals surface area contributed by atoms with E-state index in [-0.39, 0.29) is 17.4 Å². The maximum Gasteiger partial charge on any atom is 0.417 e. The molecule has 0 saturated heterocycles. The van der Waals surface area contributed by atoms with Crippen LogP contribution in [0.4, 0.5) is 13.2 Å². The van der Waals surface area contributed by atoms with Crippen LogP contribution in [0, 0.1) is 0 Å². The number of nitrogens with one attached hydrogen (secondary N) is 1. The summed E-state index contributed by atoms with van der Waals surface area (Å²) in [7, 11) is 0. The summed E-state index contributed by atoms with van der Waals surface area (Å²) < 4.78 is 39.1. The Hall–Kier alpha value is -1.82. The number of fused-ring (bicyclic) bond motifs is 1. The number of benzene rings is 1. The van der Waals surface area contributed by atoms with Crippen molar-refractivity contribution in [2.75, 3.05) is 0 Å². The van der Waals surface area contributed by atoms with Gasteiger partial charge >= 0.3 is 6.18 Å². The Morgan fingerprint density at radius 3 is 2.75 bits per heavy atom. The Bertz CT molecular complexity index is 631. The molecule has 1 unspecified atom stereocenters. The van der Waals surface area contributed by atoms with Gasteiger partial charge in [0.1, 0.15) is 5.82 Å². The molecule has 20 heavy (non-hydrogen) atoms. The molecule has 0 aliphatic heterocycles. The van der Waals surface area contributed by atoms with Crippen molar-refractivity contribution < 1.29 is 13.2 Å². The van der Waals surface area contributed by atoms with Crippen molar-refractivity contribution in [3.8, 4) is 11.4 Å². The van der Waals surface area contributed by atoms with Crippen LogP contribution in [0.3, 0.4) is 0 Å². The van der Waals surface area contributed by atoms with Crippen LogP contribution in [0.1, 0.15) is 23.4 Å². The second-order valence-electron chi connectivity index (χ2n) is 5.06. The van der Waals surface area contributed by atoms with Crippen LogP contribution in [-0.4, -0.2) is 16.0 Å². The van der Waals surface area contributed by atoms with Gasteiger partial charge in [-0.2, -0.15) is 13.2 Å². The second kappa shape index (κ2) is 4.63. The van der Waals surface area contributed by atoms with Gasteiger partial charge in [0, 0.05) is 23.7 Å². The molecule has 0 fully saturated rings. The molecule has 6 heteroatoms. The van der Waals surface area contributed by atoms with Crippen LogP contribution in [-0.2, 0) is 19.0 Å². The number of nitrogens with zero attached hydrogens (tertiary/aromatic N) is 1. The number of aryl methyl sites for hydroxylation is 1. The molecule has 0 radical (unpaired) electrons. The summed E-state index contributed by atoms with van der Waals surface area (Å²) in [4.78, 5) is 7.32. The first-order valence-corrected chi connectivity index (χ1v) is 6.45. The highest BCUT2D eigenvalue weighted by Gasteiger charge is 2.34. The molecule has 106 valence electrons. The Morgan fingerprint density at radius 2 is 2.00 bits per heavy atom. The number of rotatable bonds is 1. The number of aromatic nitrogens is 2. The van der Waals surface area contributed by atoms with Crippen LogP contribution in [0.15, 0.2) is 24.3 Å². The monoisotopic (exact) mass is 281 g/mol. The van der Waals surface area contributed by atoms with Gasteiger partial charge in [0.2, 0.25) is 0 Å². The third-order valence-electron chi connectivity index (χ3n) is 3.57. The molecule has 3 rings (SSSR count). The summed E-state index contributed by atoms with van der Waals surface area (Å²) in [6, 6.07) is 5.52. The van der Waals surface area contributed by atoms with Gasteiger partial charge in [-0.15, -0.1) is 0 Å². The summed E-state index contributed by atoms with van der Waals surface area (Å²) in [5, 5.41) is 0. The molecule has 0 spiro atoms. The summed E-state index contributed by atoms with van der Waals surface area (Å²) in [6.45, 7) is 0. The third kappa shape index (κ3) is 2.31. The summed E-state index contributed by atoms with van der Waals surface area (Å²) in [5.41, 5.74) is 6.97. The maximum atomic E-state index is 13.0. The normalized spacial score (nSPS) is 18.9. The highest BCUT2D eigenvalue weighted by atomic mass is 19.4. The fourth-order valence-electron chi connectivity index (χ4n) is 2.57. The average Bonchev–Trinajstić information content (AvgIpc) is 2.80. The number of hydrogen-bond donors (Lipinski definition) is 2. The number of nitrogens with two attached hydrogens (primary N) is 1. The van der Waals surface area contributed by atoms with Gasteiger partial charge in [0.05, 0.1) is 11.3 Å². The number of aromatic amines is 1. The van der Waals surface area contributed by atoms with Crippen LogP contribution < -0.4 is 5.73 Å². The Balaban J connectivity index is 2.07. The minimum atomic E-state index is -4.39.